The van der Waals surface area contributed by atoms with E-state index in [1.807, 2.05) is 24.3 Å². The van der Waals surface area contributed by atoms with Gasteiger partial charge in [-0.15, -0.1) is 0 Å². The Labute approximate surface area is 99.9 Å². The minimum absolute atomic E-state index is 0.186. The van der Waals surface area contributed by atoms with Gasteiger partial charge in [0.15, 0.2) is 17.6 Å². The van der Waals surface area contributed by atoms with Gasteiger partial charge in [-0.2, -0.15) is 0 Å². The predicted molar refractivity (Wildman–Crippen MR) is 61.4 cm³/mol. The van der Waals surface area contributed by atoms with Crippen molar-refractivity contribution in [2.24, 2.45) is 0 Å². The summed E-state index contributed by atoms with van der Waals surface area (Å²) in [5, 5.41) is 0. The van der Waals surface area contributed by atoms with Gasteiger partial charge in [0, 0.05) is 14.1 Å². The first-order valence-electron chi connectivity index (χ1n) is 5.39. The van der Waals surface area contributed by atoms with E-state index in [-0.39, 0.29) is 18.8 Å². The summed E-state index contributed by atoms with van der Waals surface area (Å²) in [4.78, 5) is 12.6. The Morgan fingerprint density at radius 1 is 1.41 bits per heavy atom. The van der Waals surface area contributed by atoms with Crippen LogP contribution in [0.3, 0.4) is 0 Å². The lowest BCUT2D eigenvalue weighted by atomic mass is 10.3. The summed E-state index contributed by atoms with van der Waals surface area (Å²) < 4.78 is 16.2. The van der Waals surface area contributed by atoms with Crippen molar-refractivity contribution in [2.45, 2.75) is 6.10 Å². The highest BCUT2D eigenvalue weighted by Crippen LogP contribution is 2.30. The maximum absolute atomic E-state index is 11.2. The summed E-state index contributed by atoms with van der Waals surface area (Å²) in [5.74, 6) is 1.41. The summed E-state index contributed by atoms with van der Waals surface area (Å²) in [6.07, 6.45) is -0.638. The molecule has 17 heavy (non-hydrogen) atoms. The van der Waals surface area contributed by atoms with Crippen molar-refractivity contribution in [3.05, 3.63) is 24.3 Å². The van der Waals surface area contributed by atoms with Crippen LogP contribution >= 0.6 is 0 Å². The molecule has 0 bridgehead atoms. The molecule has 5 heteroatoms. The van der Waals surface area contributed by atoms with Gasteiger partial charge in [0.2, 0.25) is 0 Å². The SMILES string of the molecule is CN(C)C(=O)OC[C@@H]1COc2ccccc2O1. The van der Waals surface area contributed by atoms with Gasteiger partial charge < -0.3 is 19.1 Å². The van der Waals surface area contributed by atoms with Crippen molar-refractivity contribution in [3.8, 4) is 11.5 Å². The third-order valence-electron chi connectivity index (χ3n) is 2.33. The van der Waals surface area contributed by atoms with Crippen LogP contribution in [0.5, 0.6) is 11.5 Å². The fourth-order valence-electron chi connectivity index (χ4n) is 1.44. The molecule has 1 aliphatic heterocycles. The van der Waals surface area contributed by atoms with E-state index in [4.69, 9.17) is 14.2 Å². The normalized spacial score (nSPS) is 17.4. The van der Waals surface area contributed by atoms with Crippen LogP contribution in [0.4, 0.5) is 4.79 Å². The molecule has 0 aliphatic carbocycles. The summed E-state index contributed by atoms with van der Waals surface area (Å²) in [6, 6.07) is 7.43. The molecule has 1 amide bonds. The van der Waals surface area contributed by atoms with Gasteiger partial charge in [-0.3, -0.25) is 0 Å². The van der Waals surface area contributed by atoms with E-state index in [0.717, 1.165) is 5.75 Å². The first-order chi connectivity index (χ1) is 8.16. The Bertz CT molecular complexity index is 405. The number of carbonyl (C=O) groups excluding carboxylic acids is 1. The molecule has 0 unspecified atom stereocenters. The number of benzene rings is 1. The lowest BCUT2D eigenvalue weighted by Crippen LogP contribution is -2.36. The predicted octanol–water partition coefficient (Wildman–Crippen LogP) is 1.52. The zero-order valence-electron chi connectivity index (χ0n) is 9.88. The molecular weight excluding hydrogens is 222 g/mol. The van der Waals surface area contributed by atoms with Crippen molar-refractivity contribution in [3.63, 3.8) is 0 Å². The second-order valence-electron chi connectivity index (χ2n) is 3.97. The van der Waals surface area contributed by atoms with Gasteiger partial charge in [0.05, 0.1) is 0 Å². The molecular formula is C12H15NO4. The molecule has 0 spiro atoms. The van der Waals surface area contributed by atoms with Gasteiger partial charge in [0.25, 0.3) is 0 Å². The van der Waals surface area contributed by atoms with Crippen LogP contribution in [0, 0.1) is 0 Å². The number of amides is 1. The molecule has 1 aromatic rings. The van der Waals surface area contributed by atoms with E-state index in [2.05, 4.69) is 0 Å². The van der Waals surface area contributed by atoms with Gasteiger partial charge in [0.1, 0.15) is 13.2 Å². The average molecular weight is 237 g/mol. The van der Waals surface area contributed by atoms with E-state index in [1.165, 1.54) is 4.90 Å². The first-order valence-corrected chi connectivity index (χ1v) is 5.39. The summed E-state index contributed by atoms with van der Waals surface area (Å²) >= 11 is 0. The third kappa shape index (κ3) is 2.81. The van der Waals surface area contributed by atoms with Crippen molar-refractivity contribution in [1.82, 2.24) is 4.90 Å². The standard InChI is InChI=1S/C12H15NO4/c1-13(2)12(14)16-8-9-7-15-10-5-3-4-6-11(10)17-9/h3-6,9H,7-8H2,1-2H3/t9-/m0/s1. The molecule has 5 nitrogen and oxygen atoms in total. The summed E-state index contributed by atoms with van der Waals surface area (Å²) in [6.45, 7) is 0.572. The van der Waals surface area contributed by atoms with Crippen LogP contribution < -0.4 is 9.47 Å². The maximum Gasteiger partial charge on any atom is 0.409 e. The number of fused-ring (bicyclic) bond motifs is 1. The Morgan fingerprint density at radius 2 is 2.12 bits per heavy atom. The lowest BCUT2D eigenvalue weighted by Gasteiger charge is -2.26. The largest absolute Gasteiger partial charge is 0.486 e. The quantitative estimate of drug-likeness (QED) is 0.782. The molecule has 0 N–H and O–H groups in total. The smallest absolute Gasteiger partial charge is 0.409 e. The second kappa shape index (κ2) is 4.95. The molecule has 1 aromatic carbocycles. The average Bonchev–Trinajstić information content (AvgIpc) is 2.35. The van der Waals surface area contributed by atoms with Crippen molar-refractivity contribution >= 4 is 6.09 Å². The first kappa shape index (κ1) is 11.6. The molecule has 92 valence electrons. The molecule has 0 saturated carbocycles. The van der Waals surface area contributed by atoms with E-state index in [0.29, 0.717) is 12.4 Å². The van der Waals surface area contributed by atoms with Crippen LogP contribution in [0.25, 0.3) is 0 Å². The van der Waals surface area contributed by atoms with Gasteiger partial charge >= 0.3 is 6.09 Å². The zero-order valence-corrected chi connectivity index (χ0v) is 9.88. The highest BCUT2D eigenvalue weighted by atomic mass is 16.6. The van der Waals surface area contributed by atoms with Crippen molar-refractivity contribution in [1.29, 1.82) is 0 Å². The topological polar surface area (TPSA) is 48.0 Å². The third-order valence-corrected chi connectivity index (χ3v) is 2.33. The molecule has 0 saturated heterocycles. The van der Waals surface area contributed by atoms with Gasteiger partial charge in [-0.05, 0) is 12.1 Å². The van der Waals surface area contributed by atoms with E-state index < -0.39 is 0 Å². The Kier molecular flexibility index (Phi) is 3.37. The fraction of sp³-hybridized carbons (Fsp3) is 0.417. The van der Waals surface area contributed by atoms with E-state index in [9.17, 15) is 4.79 Å². The molecule has 0 fully saturated rings. The lowest BCUT2D eigenvalue weighted by molar-refractivity contribution is 0.0260. The number of rotatable bonds is 2. The summed E-state index contributed by atoms with van der Waals surface area (Å²) in [5.41, 5.74) is 0. The number of hydrogen-bond acceptors (Lipinski definition) is 4. The molecule has 0 radical (unpaired) electrons. The van der Waals surface area contributed by atoms with Crippen molar-refractivity contribution in [2.75, 3.05) is 27.3 Å². The van der Waals surface area contributed by atoms with Crippen LogP contribution in [-0.4, -0.2) is 44.4 Å². The number of nitrogens with zero attached hydrogens (tertiary/aromatic N) is 1. The minimum atomic E-state index is -0.382. The highest BCUT2D eigenvalue weighted by molar-refractivity contribution is 5.66. The number of ether oxygens (including phenoxy) is 3. The molecule has 2 rings (SSSR count). The number of hydrogen-bond donors (Lipinski definition) is 0. The summed E-state index contributed by atoms with van der Waals surface area (Å²) in [7, 11) is 3.27. The molecule has 1 aliphatic rings. The monoisotopic (exact) mass is 237 g/mol. The maximum atomic E-state index is 11.2. The second-order valence-corrected chi connectivity index (χ2v) is 3.97. The Hall–Kier alpha value is -1.91. The highest BCUT2D eigenvalue weighted by Gasteiger charge is 2.22. The van der Waals surface area contributed by atoms with Crippen LogP contribution in [0.15, 0.2) is 24.3 Å². The Morgan fingerprint density at radius 3 is 2.82 bits per heavy atom. The molecule has 1 atom stereocenters. The van der Waals surface area contributed by atoms with Crippen molar-refractivity contribution < 1.29 is 19.0 Å². The number of carbonyl (C=O) groups is 1. The Balaban J connectivity index is 1.88. The van der Waals surface area contributed by atoms with Crippen LogP contribution in [0.2, 0.25) is 0 Å². The fourth-order valence-corrected chi connectivity index (χ4v) is 1.44. The van der Waals surface area contributed by atoms with Crippen LogP contribution in [-0.2, 0) is 4.74 Å². The van der Waals surface area contributed by atoms with E-state index in [1.54, 1.807) is 14.1 Å². The van der Waals surface area contributed by atoms with E-state index >= 15 is 0 Å². The van der Waals surface area contributed by atoms with Gasteiger partial charge in [-0.25, -0.2) is 4.79 Å². The molecule has 1 heterocycles. The minimum Gasteiger partial charge on any atom is -0.486 e. The molecule has 0 aromatic heterocycles. The zero-order chi connectivity index (χ0) is 12.3. The van der Waals surface area contributed by atoms with Crippen LogP contribution in [0.1, 0.15) is 0 Å². The number of para-hydroxylation sites is 2. The van der Waals surface area contributed by atoms with Gasteiger partial charge in [-0.1, -0.05) is 12.1 Å².